The molecule has 0 radical (unpaired) electrons. The van der Waals surface area contributed by atoms with Gasteiger partial charge in [-0.2, -0.15) is 0 Å². The van der Waals surface area contributed by atoms with Gasteiger partial charge in [-0.3, -0.25) is 0 Å². The monoisotopic (exact) mass is 727 g/mol. The fraction of sp³-hybridized carbons (Fsp3) is 0. The van der Waals surface area contributed by atoms with Crippen molar-refractivity contribution in [2.45, 2.75) is 0 Å². The maximum Gasteiger partial charge on any atom is 0.0541 e. The van der Waals surface area contributed by atoms with Crippen LogP contribution in [0, 0.1) is 0 Å². The van der Waals surface area contributed by atoms with Crippen molar-refractivity contribution in [1.82, 2.24) is 9.13 Å². The van der Waals surface area contributed by atoms with Crippen LogP contribution in [0.5, 0.6) is 0 Å². The van der Waals surface area contributed by atoms with Gasteiger partial charge < -0.3 is 14.5 Å². The van der Waals surface area contributed by atoms with Crippen molar-refractivity contribution < 1.29 is 0 Å². The minimum Gasteiger partial charge on any atom is -0.356 e. The SMILES string of the molecule is c1ccc(-n2c3ccccc3c3cc(-c4ccc(-c5ccc(Nc6ccc(-c7ccc(-n8c9ccccc9c9ccccc98)cc7)cc6)cc5)cc4)ccc32)cc1. The first-order chi connectivity index (χ1) is 28.2. The Bertz CT molecular complexity index is 3150. The molecule has 1 N–H and O–H groups in total. The summed E-state index contributed by atoms with van der Waals surface area (Å²) in [6, 6.07) is 78.6. The summed E-state index contributed by atoms with van der Waals surface area (Å²) in [5.74, 6) is 0. The molecule has 11 rings (SSSR count). The molecule has 0 bridgehead atoms. The second kappa shape index (κ2) is 13.6. The van der Waals surface area contributed by atoms with E-state index in [-0.39, 0.29) is 0 Å². The average molecular weight is 728 g/mol. The van der Waals surface area contributed by atoms with Gasteiger partial charge in [0.1, 0.15) is 0 Å². The van der Waals surface area contributed by atoms with E-state index < -0.39 is 0 Å². The van der Waals surface area contributed by atoms with Crippen LogP contribution in [0.2, 0.25) is 0 Å². The highest BCUT2D eigenvalue weighted by Crippen LogP contribution is 2.36. The Morgan fingerprint density at radius 1 is 0.246 bits per heavy atom. The Kier molecular flexibility index (Phi) is 7.82. The molecule has 0 atom stereocenters. The third kappa shape index (κ3) is 5.76. The number of nitrogens with zero attached hydrogens (tertiary/aromatic N) is 2. The Morgan fingerprint density at radius 2 is 0.579 bits per heavy atom. The highest BCUT2D eigenvalue weighted by Gasteiger charge is 2.14. The number of hydrogen-bond acceptors (Lipinski definition) is 1. The molecular formula is C54H37N3. The van der Waals surface area contributed by atoms with Crippen molar-refractivity contribution in [3.8, 4) is 44.8 Å². The van der Waals surface area contributed by atoms with Gasteiger partial charge in [0.25, 0.3) is 0 Å². The zero-order valence-electron chi connectivity index (χ0n) is 31.2. The van der Waals surface area contributed by atoms with Crippen LogP contribution in [0.3, 0.4) is 0 Å². The largest absolute Gasteiger partial charge is 0.356 e. The number of nitrogens with one attached hydrogen (secondary N) is 1. The topological polar surface area (TPSA) is 21.9 Å². The standard InChI is InChI=1S/C54H37N3/c1-2-10-45(11-3-1)56-53-17-9-6-14-49(53)50-36-42(28-35-54(50)56)41-20-18-37(19-21-41)38-22-29-43(30-23-38)55-44-31-24-39(25-32-44)40-26-33-46(34-27-40)57-51-15-7-4-12-47(51)48-13-5-8-16-52(48)57/h1-36,55H. The maximum atomic E-state index is 3.59. The van der Waals surface area contributed by atoms with Crippen LogP contribution in [-0.2, 0) is 0 Å². The zero-order chi connectivity index (χ0) is 37.7. The first kappa shape index (κ1) is 32.8. The van der Waals surface area contributed by atoms with Gasteiger partial charge in [0.2, 0.25) is 0 Å². The summed E-state index contributed by atoms with van der Waals surface area (Å²) in [7, 11) is 0. The Labute approximate surface area is 331 Å². The lowest BCUT2D eigenvalue weighted by Crippen LogP contribution is -1.93. The van der Waals surface area contributed by atoms with E-state index in [0.29, 0.717) is 0 Å². The molecule has 0 amide bonds. The van der Waals surface area contributed by atoms with E-state index in [4.69, 9.17) is 0 Å². The summed E-state index contributed by atoms with van der Waals surface area (Å²) in [4.78, 5) is 0. The van der Waals surface area contributed by atoms with Gasteiger partial charge in [-0.05, 0) is 112 Å². The number of aromatic nitrogens is 2. The molecule has 57 heavy (non-hydrogen) atoms. The number of fused-ring (bicyclic) bond motifs is 6. The number of benzene rings is 9. The molecule has 2 aromatic heterocycles. The smallest absolute Gasteiger partial charge is 0.0541 e. The molecule has 3 nitrogen and oxygen atoms in total. The maximum absolute atomic E-state index is 3.59. The van der Waals surface area contributed by atoms with Crippen LogP contribution < -0.4 is 5.32 Å². The number of hydrogen-bond donors (Lipinski definition) is 1. The van der Waals surface area contributed by atoms with E-state index in [1.54, 1.807) is 0 Å². The van der Waals surface area contributed by atoms with Crippen molar-refractivity contribution in [3.05, 3.63) is 218 Å². The predicted octanol–water partition coefficient (Wildman–Crippen LogP) is 14.6. The van der Waals surface area contributed by atoms with Gasteiger partial charge in [-0.1, -0.05) is 140 Å². The van der Waals surface area contributed by atoms with Crippen LogP contribution >= 0.6 is 0 Å². The molecule has 0 unspecified atom stereocenters. The van der Waals surface area contributed by atoms with Crippen LogP contribution in [0.15, 0.2) is 218 Å². The predicted molar refractivity (Wildman–Crippen MR) is 241 cm³/mol. The Morgan fingerprint density at radius 3 is 1.07 bits per heavy atom. The van der Waals surface area contributed by atoms with Crippen LogP contribution in [0.4, 0.5) is 11.4 Å². The van der Waals surface area contributed by atoms with E-state index in [0.717, 1.165) is 17.1 Å². The molecule has 0 spiro atoms. The molecule has 0 aliphatic rings. The minimum absolute atomic E-state index is 1.06. The zero-order valence-corrected chi connectivity index (χ0v) is 31.2. The van der Waals surface area contributed by atoms with E-state index in [1.807, 2.05) is 0 Å². The molecule has 11 aromatic rings. The number of para-hydroxylation sites is 4. The lowest BCUT2D eigenvalue weighted by Gasteiger charge is -2.11. The fourth-order valence-electron chi connectivity index (χ4n) is 8.53. The van der Waals surface area contributed by atoms with Crippen molar-refractivity contribution in [3.63, 3.8) is 0 Å². The van der Waals surface area contributed by atoms with Crippen LogP contribution in [0.25, 0.3) is 88.4 Å². The van der Waals surface area contributed by atoms with Crippen molar-refractivity contribution in [2.75, 3.05) is 5.32 Å². The molecule has 0 saturated carbocycles. The highest BCUT2D eigenvalue weighted by atomic mass is 15.0. The molecular weight excluding hydrogens is 691 g/mol. The van der Waals surface area contributed by atoms with Crippen molar-refractivity contribution >= 4 is 55.0 Å². The molecule has 268 valence electrons. The second-order valence-corrected chi connectivity index (χ2v) is 14.7. The minimum atomic E-state index is 1.06. The Balaban J connectivity index is 0.789. The molecule has 9 aromatic carbocycles. The van der Waals surface area contributed by atoms with E-state index in [9.17, 15) is 0 Å². The molecule has 3 heteroatoms. The first-order valence-corrected chi connectivity index (χ1v) is 19.5. The van der Waals surface area contributed by atoms with Gasteiger partial charge in [-0.25, -0.2) is 0 Å². The molecule has 0 aliphatic heterocycles. The third-order valence-electron chi connectivity index (χ3n) is 11.3. The third-order valence-corrected chi connectivity index (χ3v) is 11.3. The molecule has 0 fully saturated rings. The summed E-state index contributed by atoms with van der Waals surface area (Å²) in [6.45, 7) is 0. The molecule has 0 aliphatic carbocycles. The van der Waals surface area contributed by atoms with Crippen LogP contribution in [0.1, 0.15) is 0 Å². The average Bonchev–Trinajstić information content (AvgIpc) is 3.80. The fourth-order valence-corrected chi connectivity index (χ4v) is 8.53. The van der Waals surface area contributed by atoms with Crippen molar-refractivity contribution in [2.24, 2.45) is 0 Å². The highest BCUT2D eigenvalue weighted by molar-refractivity contribution is 6.11. The lowest BCUT2D eigenvalue weighted by atomic mass is 9.99. The van der Waals surface area contributed by atoms with Crippen molar-refractivity contribution in [1.29, 1.82) is 0 Å². The lowest BCUT2D eigenvalue weighted by molar-refractivity contribution is 1.18. The number of anilines is 2. The van der Waals surface area contributed by atoms with Gasteiger partial charge in [-0.15, -0.1) is 0 Å². The van der Waals surface area contributed by atoms with Gasteiger partial charge in [0, 0.05) is 44.3 Å². The van der Waals surface area contributed by atoms with Gasteiger partial charge in [0.05, 0.1) is 22.1 Å². The van der Waals surface area contributed by atoms with E-state index in [1.165, 1.54) is 82.7 Å². The normalized spacial score (nSPS) is 11.5. The number of rotatable bonds is 7. The van der Waals surface area contributed by atoms with Gasteiger partial charge in [0.15, 0.2) is 0 Å². The first-order valence-electron chi connectivity index (χ1n) is 19.5. The second-order valence-electron chi connectivity index (χ2n) is 14.7. The molecule has 0 saturated heterocycles. The summed E-state index contributed by atoms with van der Waals surface area (Å²) < 4.78 is 4.72. The van der Waals surface area contributed by atoms with Gasteiger partial charge >= 0.3 is 0 Å². The van der Waals surface area contributed by atoms with E-state index >= 15 is 0 Å². The summed E-state index contributed by atoms with van der Waals surface area (Å²) in [5.41, 5.74) is 16.5. The van der Waals surface area contributed by atoms with E-state index in [2.05, 4.69) is 233 Å². The Hall–Kier alpha value is -7.62. The molecule has 2 heterocycles. The van der Waals surface area contributed by atoms with Crippen LogP contribution in [-0.4, -0.2) is 9.13 Å². The summed E-state index contributed by atoms with van der Waals surface area (Å²) >= 11 is 0. The summed E-state index contributed by atoms with van der Waals surface area (Å²) in [6.07, 6.45) is 0. The quantitative estimate of drug-likeness (QED) is 0.173. The summed E-state index contributed by atoms with van der Waals surface area (Å²) in [5, 5.41) is 8.67.